The van der Waals surface area contributed by atoms with Crippen molar-refractivity contribution in [3.8, 4) is 17.2 Å². The van der Waals surface area contributed by atoms with Crippen LogP contribution in [0.1, 0.15) is 13.8 Å². The average Bonchev–Trinajstić information content (AvgIpc) is 2.49. The van der Waals surface area contributed by atoms with E-state index in [1.165, 1.54) is 25.3 Å². The van der Waals surface area contributed by atoms with Crippen molar-refractivity contribution in [3.05, 3.63) is 28.6 Å². The van der Waals surface area contributed by atoms with Gasteiger partial charge in [0.05, 0.1) is 7.11 Å². The van der Waals surface area contributed by atoms with Crippen LogP contribution in [0.5, 0.6) is 17.2 Å². The molecule has 0 unspecified atom stereocenters. The van der Waals surface area contributed by atoms with Gasteiger partial charge in [-0.05, 0) is 18.1 Å². The van der Waals surface area contributed by atoms with Crippen molar-refractivity contribution >= 4 is 16.9 Å². The molecule has 2 aromatic rings. The van der Waals surface area contributed by atoms with Crippen LogP contribution in [0.15, 0.2) is 27.4 Å². The van der Waals surface area contributed by atoms with Gasteiger partial charge in [-0.3, -0.25) is 0 Å². The molecule has 0 aliphatic heterocycles. The predicted octanol–water partition coefficient (Wildman–Crippen LogP) is 1.43. The molecule has 0 amide bonds. The minimum Gasteiger partial charge on any atom is -0.502 e. The van der Waals surface area contributed by atoms with Gasteiger partial charge in [0, 0.05) is 11.5 Å². The molecule has 0 aliphatic carbocycles. The van der Waals surface area contributed by atoms with E-state index in [0.717, 1.165) is 0 Å². The van der Waals surface area contributed by atoms with E-state index in [9.17, 15) is 19.8 Å². The highest BCUT2D eigenvalue weighted by atomic mass is 16.6. The first-order valence-corrected chi connectivity index (χ1v) is 6.58. The Hall–Kier alpha value is -2.54. The number of aromatic hydroxyl groups is 1. The minimum atomic E-state index is -1.36. The Labute approximate surface area is 125 Å². The van der Waals surface area contributed by atoms with Gasteiger partial charge in [0.25, 0.3) is 0 Å². The lowest BCUT2D eigenvalue weighted by molar-refractivity contribution is -0.146. The van der Waals surface area contributed by atoms with E-state index in [1.807, 2.05) is 0 Å². The number of hydrogen-bond acceptors (Lipinski definition) is 7. The van der Waals surface area contributed by atoms with E-state index in [2.05, 4.69) is 0 Å². The number of fused-ring (bicyclic) bond motifs is 1. The van der Waals surface area contributed by atoms with Gasteiger partial charge in [-0.25, -0.2) is 9.59 Å². The number of phenols is 1. The number of esters is 1. The van der Waals surface area contributed by atoms with Crippen LogP contribution in [-0.2, 0) is 4.79 Å². The number of benzene rings is 1. The number of aliphatic hydroxyl groups is 1. The highest BCUT2D eigenvalue weighted by molar-refractivity contribution is 5.89. The highest BCUT2D eigenvalue weighted by Crippen LogP contribution is 2.42. The molecule has 2 N–H and O–H groups in total. The zero-order chi connectivity index (χ0) is 16.4. The van der Waals surface area contributed by atoms with E-state index < -0.39 is 23.4 Å². The molecular formula is C15H16O7. The van der Waals surface area contributed by atoms with E-state index in [1.54, 1.807) is 13.8 Å². The fraction of sp³-hybridized carbons (Fsp3) is 0.333. The third-order valence-electron chi connectivity index (χ3n) is 3.10. The van der Waals surface area contributed by atoms with Gasteiger partial charge in [0.2, 0.25) is 11.5 Å². The first-order valence-electron chi connectivity index (χ1n) is 6.58. The molecule has 0 saturated heterocycles. The Balaban J connectivity index is 2.54. The first-order chi connectivity index (χ1) is 10.3. The van der Waals surface area contributed by atoms with Crippen molar-refractivity contribution in [2.75, 3.05) is 7.11 Å². The van der Waals surface area contributed by atoms with Crippen LogP contribution in [-0.4, -0.2) is 29.4 Å². The fourth-order valence-electron chi connectivity index (χ4n) is 1.84. The van der Waals surface area contributed by atoms with Gasteiger partial charge >= 0.3 is 11.6 Å². The number of aliphatic hydroxyl groups excluding tert-OH is 1. The Morgan fingerprint density at radius 1 is 1.32 bits per heavy atom. The second kappa shape index (κ2) is 6.07. The molecule has 7 heteroatoms. The zero-order valence-electron chi connectivity index (χ0n) is 12.3. The van der Waals surface area contributed by atoms with Crippen LogP contribution in [0.25, 0.3) is 11.0 Å². The number of hydrogen-bond donors (Lipinski definition) is 2. The maximum atomic E-state index is 11.8. The van der Waals surface area contributed by atoms with Crippen molar-refractivity contribution in [1.82, 2.24) is 0 Å². The summed E-state index contributed by atoms with van der Waals surface area (Å²) < 4.78 is 15.0. The molecule has 2 rings (SSSR count). The van der Waals surface area contributed by atoms with E-state index in [4.69, 9.17) is 13.9 Å². The normalized spacial score (nSPS) is 12.4. The zero-order valence-corrected chi connectivity index (χ0v) is 12.3. The smallest absolute Gasteiger partial charge is 0.340 e. The summed E-state index contributed by atoms with van der Waals surface area (Å²) in [5.74, 6) is -2.09. The predicted molar refractivity (Wildman–Crippen MR) is 77.2 cm³/mol. The van der Waals surface area contributed by atoms with Gasteiger partial charge in [0.1, 0.15) is 0 Å². The summed E-state index contributed by atoms with van der Waals surface area (Å²) in [5, 5.41) is 20.3. The van der Waals surface area contributed by atoms with Gasteiger partial charge in [-0.15, -0.1) is 0 Å². The third kappa shape index (κ3) is 2.89. The van der Waals surface area contributed by atoms with Crippen molar-refractivity contribution in [1.29, 1.82) is 0 Å². The van der Waals surface area contributed by atoms with Crippen molar-refractivity contribution in [2.24, 2.45) is 5.92 Å². The van der Waals surface area contributed by atoms with Crippen LogP contribution in [0.4, 0.5) is 0 Å². The number of phenolic OH excluding ortho intramolecular Hbond substituents is 1. The maximum absolute atomic E-state index is 11.8. The van der Waals surface area contributed by atoms with E-state index >= 15 is 0 Å². The van der Waals surface area contributed by atoms with E-state index in [0.29, 0.717) is 5.39 Å². The Kier molecular flexibility index (Phi) is 4.37. The quantitative estimate of drug-likeness (QED) is 0.500. The molecule has 1 aromatic carbocycles. The van der Waals surface area contributed by atoms with Gasteiger partial charge < -0.3 is 24.1 Å². The number of methoxy groups -OCH3 is 1. The molecule has 0 saturated carbocycles. The van der Waals surface area contributed by atoms with Crippen LogP contribution in [0, 0.1) is 5.92 Å². The van der Waals surface area contributed by atoms with Crippen LogP contribution < -0.4 is 15.1 Å². The third-order valence-corrected chi connectivity index (χ3v) is 3.10. The number of carbonyl (C=O) groups excluding carboxylic acids is 1. The van der Waals surface area contributed by atoms with Crippen molar-refractivity contribution in [3.63, 3.8) is 0 Å². The summed E-state index contributed by atoms with van der Waals surface area (Å²) in [6.45, 7) is 3.28. The summed E-state index contributed by atoms with van der Waals surface area (Å²) in [7, 11) is 1.33. The lowest BCUT2D eigenvalue weighted by Gasteiger charge is -2.16. The van der Waals surface area contributed by atoms with Gasteiger partial charge in [0.15, 0.2) is 17.4 Å². The van der Waals surface area contributed by atoms with Crippen LogP contribution in [0.2, 0.25) is 0 Å². The number of rotatable bonds is 4. The standard InChI is InChI=1S/C15H16O7/c1-7(2)11(17)15(19)22-14-9(20-3)6-8-4-5-10(16)21-13(8)12(14)18/h4-7,11,17-18H,1-3H3/t11-/m1/s1. The molecule has 0 radical (unpaired) electrons. The highest BCUT2D eigenvalue weighted by Gasteiger charge is 2.26. The summed E-state index contributed by atoms with van der Waals surface area (Å²) >= 11 is 0. The fourth-order valence-corrected chi connectivity index (χ4v) is 1.84. The summed E-state index contributed by atoms with van der Waals surface area (Å²) in [5.41, 5.74) is -0.789. The summed E-state index contributed by atoms with van der Waals surface area (Å²) in [4.78, 5) is 23.1. The molecule has 0 aliphatic rings. The van der Waals surface area contributed by atoms with E-state index in [-0.39, 0.29) is 23.0 Å². The lowest BCUT2D eigenvalue weighted by Crippen LogP contribution is -2.30. The molecule has 0 fully saturated rings. The molecule has 22 heavy (non-hydrogen) atoms. The average molecular weight is 308 g/mol. The molecule has 0 spiro atoms. The van der Waals surface area contributed by atoms with Gasteiger partial charge in [-0.1, -0.05) is 13.8 Å². The molecule has 0 bridgehead atoms. The van der Waals surface area contributed by atoms with Crippen LogP contribution in [0.3, 0.4) is 0 Å². The van der Waals surface area contributed by atoms with Gasteiger partial charge in [-0.2, -0.15) is 0 Å². The monoisotopic (exact) mass is 308 g/mol. The van der Waals surface area contributed by atoms with Crippen LogP contribution >= 0.6 is 0 Å². The molecule has 1 atom stereocenters. The largest absolute Gasteiger partial charge is 0.502 e. The molecule has 1 aromatic heterocycles. The van der Waals surface area contributed by atoms with Crippen molar-refractivity contribution in [2.45, 2.75) is 20.0 Å². The molecule has 1 heterocycles. The SMILES string of the molecule is COc1cc2ccc(=O)oc2c(O)c1OC(=O)[C@H](O)C(C)C. The Bertz CT molecular complexity index is 760. The van der Waals surface area contributed by atoms with Crippen molar-refractivity contribution < 1.29 is 28.9 Å². The molecule has 118 valence electrons. The lowest BCUT2D eigenvalue weighted by atomic mass is 10.1. The minimum absolute atomic E-state index is 0.0724. The molecular weight excluding hydrogens is 292 g/mol. The number of ether oxygens (including phenoxy) is 2. The molecule has 7 nitrogen and oxygen atoms in total. The second-order valence-electron chi connectivity index (χ2n) is 5.04. The topological polar surface area (TPSA) is 106 Å². The first kappa shape index (κ1) is 15.8. The summed E-state index contributed by atoms with van der Waals surface area (Å²) in [6, 6.07) is 4.08. The maximum Gasteiger partial charge on any atom is 0.340 e. The number of carbonyl (C=O) groups is 1. The summed E-state index contributed by atoms with van der Waals surface area (Å²) in [6.07, 6.45) is -1.36. The Morgan fingerprint density at radius 2 is 2.00 bits per heavy atom. The Morgan fingerprint density at radius 3 is 2.59 bits per heavy atom. The second-order valence-corrected chi connectivity index (χ2v) is 5.04.